The smallest absolute Gasteiger partial charge is 0.0619 e. The Kier molecular flexibility index (Phi) is 4.23. The van der Waals surface area contributed by atoms with Gasteiger partial charge in [0.25, 0.3) is 0 Å². The van der Waals surface area contributed by atoms with E-state index >= 15 is 0 Å². The Labute approximate surface area is 203 Å². The summed E-state index contributed by atoms with van der Waals surface area (Å²) in [6, 6.07) is 39.4. The van der Waals surface area contributed by atoms with E-state index in [1.165, 1.54) is 58.8 Å². The van der Waals surface area contributed by atoms with Crippen molar-refractivity contribution in [3.63, 3.8) is 0 Å². The molecule has 0 spiro atoms. The minimum absolute atomic E-state index is 1.15. The molecule has 0 saturated carbocycles. The van der Waals surface area contributed by atoms with Crippen LogP contribution in [0.5, 0.6) is 0 Å². The van der Waals surface area contributed by atoms with Gasteiger partial charge in [-0.05, 0) is 48.0 Å². The zero-order chi connectivity index (χ0) is 21.9. The molecule has 2 heterocycles. The van der Waals surface area contributed by atoms with Crippen LogP contribution in [0.1, 0.15) is 0 Å². The Balaban J connectivity index is 1.61. The van der Waals surface area contributed by atoms with Crippen molar-refractivity contribution in [2.24, 2.45) is 0 Å². The van der Waals surface area contributed by atoms with Gasteiger partial charge in [0.05, 0.1) is 11.0 Å². The highest BCUT2D eigenvalue weighted by molar-refractivity contribution is 9.10. The first kappa shape index (κ1) is 19.1. The lowest BCUT2D eigenvalue weighted by Crippen LogP contribution is -1.95. The van der Waals surface area contributed by atoms with Gasteiger partial charge in [0.15, 0.2) is 0 Å². The summed E-state index contributed by atoms with van der Waals surface area (Å²) in [5.74, 6) is 0. The molecule has 1 nitrogen and oxygen atoms in total. The highest BCUT2D eigenvalue weighted by atomic mass is 79.9. The molecule has 0 aliphatic rings. The predicted molar refractivity (Wildman–Crippen MR) is 147 cm³/mol. The molecule has 0 amide bonds. The van der Waals surface area contributed by atoms with Crippen LogP contribution in [0.3, 0.4) is 0 Å². The number of para-hydroxylation sites is 3. The summed E-state index contributed by atoms with van der Waals surface area (Å²) in [5.41, 5.74) is 6.16. The number of thiophene rings is 1. The fourth-order valence-corrected chi connectivity index (χ4v) is 6.87. The molecule has 0 unspecified atom stereocenters. The van der Waals surface area contributed by atoms with Crippen LogP contribution in [0, 0.1) is 0 Å². The van der Waals surface area contributed by atoms with E-state index in [2.05, 4.69) is 130 Å². The van der Waals surface area contributed by atoms with Crippen LogP contribution in [0.4, 0.5) is 0 Å². The lowest BCUT2D eigenvalue weighted by molar-refractivity contribution is 1.18. The van der Waals surface area contributed by atoms with Gasteiger partial charge >= 0.3 is 0 Å². The second-order valence-corrected chi connectivity index (χ2v) is 10.3. The quantitative estimate of drug-likeness (QED) is 0.221. The van der Waals surface area contributed by atoms with Crippen LogP contribution in [0.15, 0.2) is 114 Å². The van der Waals surface area contributed by atoms with E-state index in [0.717, 1.165) is 4.47 Å². The molecule has 0 bridgehead atoms. The molecular weight excluding hydrogens is 486 g/mol. The summed E-state index contributed by atoms with van der Waals surface area (Å²) in [4.78, 5) is 0. The zero-order valence-corrected chi connectivity index (χ0v) is 20.0. The van der Waals surface area contributed by atoms with Gasteiger partial charge in [-0.25, -0.2) is 0 Å². The summed E-state index contributed by atoms with van der Waals surface area (Å²) in [6.45, 7) is 0. The van der Waals surface area contributed by atoms with Gasteiger partial charge in [-0.15, -0.1) is 11.3 Å². The van der Waals surface area contributed by atoms with Crippen molar-refractivity contribution in [2.75, 3.05) is 0 Å². The van der Waals surface area contributed by atoms with Crippen LogP contribution < -0.4 is 0 Å². The van der Waals surface area contributed by atoms with E-state index in [1.54, 1.807) is 0 Å². The Morgan fingerprint density at radius 2 is 1.39 bits per heavy atom. The number of halogens is 1. The number of hydrogen-bond donors (Lipinski definition) is 0. The molecule has 0 radical (unpaired) electrons. The minimum Gasteiger partial charge on any atom is -0.309 e. The van der Waals surface area contributed by atoms with Gasteiger partial charge in [0.1, 0.15) is 0 Å². The second kappa shape index (κ2) is 7.31. The van der Waals surface area contributed by atoms with Crippen molar-refractivity contribution in [1.82, 2.24) is 4.57 Å². The summed E-state index contributed by atoms with van der Waals surface area (Å²) >= 11 is 5.64. The van der Waals surface area contributed by atoms with E-state index in [-0.39, 0.29) is 0 Å². The summed E-state index contributed by atoms with van der Waals surface area (Å²) in [6.07, 6.45) is 0. The van der Waals surface area contributed by atoms with Crippen LogP contribution >= 0.6 is 27.3 Å². The van der Waals surface area contributed by atoms with E-state index < -0.39 is 0 Å². The molecule has 0 N–H and O–H groups in total. The zero-order valence-electron chi connectivity index (χ0n) is 17.6. The monoisotopic (exact) mass is 503 g/mol. The molecule has 33 heavy (non-hydrogen) atoms. The van der Waals surface area contributed by atoms with Gasteiger partial charge in [0.2, 0.25) is 0 Å². The summed E-state index contributed by atoms with van der Waals surface area (Å²) < 4.78 is 6.19. The van der Waals surface area contributed by atoms with Crippen LogP contribution in [-0.4, -0.2) is 4.57 Å². The standard InChI is InChI=1S/C30H18BrNS/c31-25-13-7-15-28-29(25)24-18-19(16-17-27(24)33-28)21-11-6-12-23-22-10-4-5-14-26(22)32(30(21)23)20-8-2-1-3-9-20/h1-18H. The van der Waals surface area contributed by atoms with Crippen molar-refractivity contribution in [3.8, 4) is 16.8 Å². The molecule has 3 heteroatoms. The number of aromatic nitrogens is 1. The lowest BCUT2D eigenvalue weighted by atomic mass is 10.00. The van der Waals surface area contributed by atoms with Gasteiger partial charge < -0.3 is 4.57 Å². The van der Waals surface area contributed by atoms with Gasteiger partial charge in [0, 0.05) is 46.7 Å². The molecule has 5 aromatic carbocycles. The maximum absolute atomic E-state index is 3.79. The maximum atomic E-state index is 3.79. The SMILES string of the molecule is Brc1cccc2sc3ccc(-c4cccc5c6ccccc6n(-c6ccccc6)c45)cc3c12. The average Bonchev–Trinajstić information content (AvgIpc) is 3.40. The van der Waals surface area contributed by atoms with E-state index in [0.29, 0.717) is 0 Å². The fourth-order valence-electron chi connectivity index (χ4n) is 5.05. The van der Waals surface area contributed by atoms with Crippen LogP contribution in [0.25, 0.3) is 58.8 Å². The number of hydrogen-bond acceptors (Lipinski definition) is 1. The van der Waals surface area contributed by atoms with Crippen LogP contribution in [0.2, 0.25) is 0 Å². The molecule has 7 aromatic rings. The number of fused-ring (bicyclic) bond motifs is 6. The van der Waals surface area contributed by atoms with E-state index in [9.17, 15) is 0 Å². The second-order valence-electron chi connectivity index (χ2n) is 8.32. The molecule has 0 fully saturated rings. The molecule has 0 aliphatic carbocycles. The van der Waals surface area contributed by atoms with Gasteiger partial charge in [-0.2, -0.15) is 0 Å². The topological polar surface area (TPSA) is 4.93 Å². The van der Waals surface area contributed by atoms with Gasteiger partial charge in [-0.3, -0.25) is 0 Å². The predicted octanol–water partition coefficient (Wildman–Crippen LogP) is 9.58. The Morgan fingerprint density at radius 1 is 0.606 bits per heavy atom. The molecule has 7 rings (SSSR count). The van der Waals surface area contributed by atoms with Gasteiger partial charge in [-0.1, -0.05) is 82.7 Å². The Hall–Kier alpha value is -3.40. The minimum atomic E-state index is 1.15. The van der Waals surface area contributed by atoms with Crippen LogP contribution in [-0.2, 0) is 0 Å². The van der Waals surface area contributed by atoms with E-state index in [4.69, 9.17) is 0 Å². The van der Waals surface area contributed by atoms with Crippen molar-refractivity contribution in [1.29, 1.82) is 0 Å². The first-order chi connectivity index (χ1) is 16.3. The molecular formula is C30H18BrNS. The number of nitrogens with zero attached hydrogens (tertiary/aromatic N) is 1. The van der Waals surface area contributed by atoms with Crippen molar-refractivity contribution in [2.45, 2.75) is 0 Å². The number of rotatable bonds is 2. The first-order valence-electron chi connectivity index (χ1n) is 11.0. The number of benzene rings is 5. The molecule has 0 saturated heterocycles. The Bertz CT molecular complexity index is 1830. The highest BCUT2D eigenvalue weighted by Crippen LogP contribution is 2.42. The molecule has 0 aliphatic heterocycles. The average molecular weight is 504 g/mol. The summed E-state index contributed by atoms with van der Waals surface area (Å²) in [7, 11) is 0. The third kappa shape index (κ3) is 2.83. The van der Waals surface area contributed by atoms with E-state index in [1.807, 2.05) is 11.3 Å². The van der Waals surface area contributed by atoms with Crippen molar-refractivity contribution in [3.05, 3.63) is 114 Å². The van der Waals surface area contributed by atoms with Crippen molar-refractivity contribution < 1.29 is 0 Å². The molecule has 0 atom stereocenters. The molecule has 156 valence electrons. The normalized spacial score (nSPS) is 11.8. The summed E-state index contributed by atoms with van der Waals surface area (Å²) in [5, 5.41) is 5.17. The maximum Gasteiger partial charge on any atom is 0.0619 e. The lowest BCUT2D eigenvalue weighted by Gasteiger charge is -2.12. The first-order valence-corrected chi connectivity index (χ1v) is 12.6. The molecule has 2 aromatic heterocycles. The largest absolute Gasteiger partial charge is 0.309 e. The third-order valence-corrected chi connectivity index (χ3v) is 8.26. The third-order valence-electron chi connectivity index (χ3n) is 6.46. The fraction of sp³-hybridized carbons (Fsp3) is 0. The Morgan fingerprint density at radius 3 is 2.30 bits per heavy atom. The highest BCUT2D eigenvalue weighted by Gasteiger charge is 2.17. The van der Waals surface area contributed by atoms with Crippen molar-refractivity contribution >= 4 is 69.2 Å².